The monoisotopic (exact) mass is 254 g/mol. The Morgan fingerprint density at radius 1 is 1.11 bits per heavy atom. The van der Waals surface area contributed by atoms with Crippen LogP contribution in [0.4, 0.5) is 0 Å². The second-order valence-corrected chi connectivity index (χ2v) is 4.87. The van der Waals surface area contributed by atoms with E-state index in [1.165, 1.54) is 18.9 Å². The summed E-state index contributed by atoms with van der Waals surface area (Å²) in [4.78, 5) is 23.6. The topological polar surface area (TPSA) is 70.4 Å². The molecule has 0 saturated carbocycles. The van der Waals surface area contributed by atoms with E-state index in [0.717, 1.165) is 0 Å². The van der Waals surface area contributed by atoms with Crippen LogP contribution >= 0.6 is 0 Å². The maximum atomic E-state index is 11.8. The van der Waals surface area contributed by atoms with Crippen molar-refractivity contribution in [1.29, 1.82) is 0 Å². The molecule has 0 aliphatic heterocycles. The molecule has 0 unspecified atom stereocenters. The fourth-order valence-electron chi connectivity index (χ4n) is 1.64. The highest BCUT2D eigenvalue weighted by Gasteiger charge is 2.32. The SMILES string of the molecule is COC(=O)c1c(C)nn(C(C)(C)C)c1C(=O)OC. The second kappa shape index (κ2) is 4.80. The Hall–Kier alpha value is -1.85. The number of rotatable bonds is 2. The fraction of sp³-hybridized carbons (Fsp3) is 0.583. The Morgan fingerprint density at radius 2 is 1.61 bits per heavy atom. The zero-order valence-corrected chi connectivity index (χ0v) is 11.5. The van der Waals surface area contributed by atoms with Crippen LogP contribution in [-0.4, -0.2) is 35.9 Å². The van der Waals surface area contributed by atoms with E-state index in [9.17, 15) is 9.59 Å². The largest absolute Gasteiger partial charge is 0.465 e. The number of hydrogen-bond donors (Lipinski definition) is 0. The predicted octanol–water partition coefficient (Wildman–Crippen LogP) is 1.52. The molecule has 0 saturated heterocycles. The highest BCUT2D eigenvalue weighted by Crippen LogP contribution is 2.23. The van der Waals surface area contributed by atoms with Crippen LogP contribution in [0.1, 0.15) is 47.3 Å². The minimum atomic E-state index is -0.606. The zero-order chi connectivity index (χ0) is 14.1. The summed E-state index contributed by atoms with van der Waals surface area (Å²) in [6.45, 7) is 7.30. The minimum absolute atomic E-state index is 0.120. The predicted molar refractivity (Wildman–Crippen MR) is 64.6 cm³/mol. The smallest absolute Gasteiger partial charge is 0.357 e. The first-order chi connectivity index (χ1) is 8.23. The first-order valence-electron chi connectivity index (χ1n) is 5.50. The lowest BCUT2D eigenvalue weighted by Gasteiger charge is -2.21. The third kappa shape index (κ3) is 2.37. The molecule has 18 heavy (non-hydrogen) atoms. The Bertz CT molecular complexity index is 483. The molecule has 6 heteroatoms. The highest BCUT2D eigenvalue weighted by atomic mass is 16.5. The maximum absolute atomic E-state index is 11.8. The number of methoxy groups -OCH3 is 2. The summed E-state index contributed by atoms with van der Waals surface area (Å²) < 4.78 is 10.9. The van der Waals surface area contributed by atoms with Gasteiger partial charge in [0, 0.05) is 0 Å². The summed E-state index contributed by atoms with van der Waals surface area (Å²) in [5, 5.41) is 4.23. The number of carbonyl (C=O) groups is 2. The van der Waals surface area contributed by atoms with E-state index in [2.05, 4.69) is 9.84 Å². The molecular weight excluding hydrogens is 236 g/mol. The number of esters is 2. The number of aryl methyl sites for hydroxylation is 1. The van der Waals surface area contributed by atoms with Crippen LogP contribution in [-0.2, 0) is 15.0 Å². The van der Waals surface area contributed by atoms with Crippen LogP contribution in [0, 0.1) is 6.92 Å². The lowest BCUT2D eigenvalue weighted by atomic mass is 10.1. The van der Waals surface area contributed by atoms with E-state index in [4.69, 9.17) is 4.74 Å². The van der Waals surface area contributed by atoms with Gasteiger partial charge in [0.2, 0.25) is 0 Å². The van der Waals surface area contributed by atoms with Gasteiger partial charge < -0.3 is 9.47 Å². The summed E-state index contributed by atoms with van der Waals surface area (Å²) in [6, 6.07) is 0. The van der Waals surface area contributed by atoms with Gasteiger partial charge in [-0.15, -0.1) is 0 Å². The van der Waals surface area contributed by atoms with Crippen molar-refractivity contribution in [2.24, 2.45) is 0 Å². The molecule has 0 radical (unpaired) electrons. The van der Waals surface area contributed by atoms with Crippen molar-refractivity contribution < 1.29 is 19.1 Å². The third-order valence-corrected chi connectivity index (χ3v) is 2.46. The van der Waals surface area contributed by atoms with Crippen molar-refractivity contribution in [2.75, 3.05) is 14.2 Å². The molecule has 0 aliphatic carbocycles. The second-order valence-electron chi connectivity index (χ2n) is 4.87. The van der Waals surface area contributed by atoms with Crippen molar-refractivity contribution in [3.63, 3.8) is 0 Å². The molecule has 0 aliphatic rings. The fourth-order valence-corrected chi connectivity index (χ4v) is 1.64. The summed E-state index contributed by atoms with van der Waals surface area (Å²) in [5.74, 6) is -1.20. The van der Waals surface area contributed by atoms with Gasteiger partial charge in [0.1, 0.15) is 5.56 Å². The molecule has 1 heterocycles. The molecule has 1 rings (SSSR count). The number of hydrogen-bond acceptors (Lipinski definition) is 5. The Balaban J connectivity index is 3.57. The van der Waals surface area contributed by atoms with E-state index in [0.29, 0.717) is 5.69 Å². The van der Waals surface area contributed by atoms with E-state index < -0.39 is 17.5 Å². The molecule has 100 valence electrons. The lowest BCUT2D eigenvalue weighted by Crippen LogP contribution is -2.28. The third-order valence-electron chi connectivity index (χ3n) is 2.46. The van der Waals surface area contributed by atoms with Gasteiger partial charge in [-0.3, -0.25) is 4.68 Å². The minimum Gasteiger partial charge on any atom is -0.465 e. The summed E-state index contributed by atoms with van der Waals surface area (Å²) in [7, 11) is 2.52. The lowest BCUT2D eigenvalue weighted by molar-refractivity contribution is 0.0540. The molecule has 1 aromatic heterocycles. The summed E-state index contributed by atoms with van der Waals surface area (Å²) in [6.07, 6.45) is 0. The number of nitrogens with zero attached hydrogens (tertiary/aromatic N) is 2. The van der Waals surface area contributed by atoms with E-state index in [1.54, 1.807) is 6.92 Å². The molecular formula is C12H18N2O4. The molecule has 0 fully saturated rings. The summed E-state index contributed by atoms with van der Waals surface area (Å²) >= 11 is 0. The van der Waals surface area contributed by atoms with Gasteiger partial charge in [-0.25, -0.2) is 9.59 Å². The normalized spacial score (nSPS) is 11.2. The van der Waals surface area contributed by atoms with Crippen LogP contribution in [0.15, 0.2) is 0 Å². The van der Waals surface area contributed by atoms with Gasteiger partial charge in [0.15, 0.2) is 5.69 Å². The molecule has 0 amide bonds. The maximum Gasteiger partial charge on any atom is 0.357 e. The number of aromatic nitrogens is 2. The Morgan fingerprint density at radius 3 is 2.00 bits per heavy atom. The Labute approximate surface area is 106 Å². The van der Waals surface area contributed by atoms with Crippen molar-refractivity contribution in [2.45, 2.75) is 33.2 Å². The quantitative estimate of drug-likeness (QED) is 0.748. The van der Waals surface area contributed by atoms with Gasteiger partial charge in [0.25, 0.3) is 0 Å². The molecule has 6 nitrogen and oxygen atoms in total. The molecule has 0 aromatic carbocycles. The van der Waals surface area contributed by atoms with Crippen LogP contribution in [0.25, 0.3) is 0 Å². The van der Waals surface area contributed by atoms with Gasteiger partial charge in [-0.05, 0) is 27.7 Å². The van der Waals surface area contributed by atoms with E-state index in [-0.39, 0.29) is 11.3 Å². The molecule has 0 bridgehead atoms. The van der Waals surface area contributed by atoms with Crippen LogP contribution < -0.4 is 0 Å². The zero-order valence-electron chi connectivity index (χ0n) is 11.5. The van der Waals surface area contributed by atoms with Crippen LogP contribution in [0.3, 0.4) is 0 Å². The number of carbonyl (C=O) groups excluding carboxylic acids is 2. The molecule has 0 atom stereocenters. The summed E-state index contributed by atoms with van der Waals surface area (Å²) in [5.41, 5.74) is 0.270. The molecule has 1 aromatic rings. The van der Waals surface area contributed by atoms with Crippen molar-refractivity contribution in [3.05, 3.63) is 17.0 Å². The van der Waals surface area contributed by atoms with Crippen LogP contribution in [0.5, 0.6) is 0 Å². The van der Waals surface area contributed by atoms with Crippen molar-refractivity contribution in [1.82, 2.24) is 9.78 Å². The van der Waals surface area contributed by atoms with E-state index in [1.807, 2.05) is 20.8 Å². The van der Waals surface area contributed by atoms with Gasteiger partial charge in [-0.1, -0.05) is 0 Å². The average molecular weight is 254 g/mol. The standard InChI is InChI=1S/C12H18N2O4/c1-7-8(10(15)17-5)9(11(16)18-6)14(13-7)12(2,3)4/h1-6H3. The number of ether oxygens (including phenoxy) is 2. The first-order valence-corrected chi connectivity index (χ1v) is 5.50. The van der Waals surface area contributed by atoms with Crippen molar-refractivity contribution in [3.8, 4) is 0 Å². The van der Waals surface area contributed by atoms with Gasteiger partial charge in [-0.2, -0.15) is 5.10 Å². The van der Waals surface area contributed by atoms with E-state index >= 15 is 0 Å². The van der Waals surface area contributed by atoms with Gasteiger partial charge in [0.05, 0.1) is 25.5 Å². The molecule has 0 N–H and O–H groups in total. The van der Waals surface area contributed by atoms with Gasteiger partial charge >= 0.3 is 11.9 Å². The van der Waals surface area contributed by atoms with Crippen molar-refractivity contribution >= 4 is 11.9 Å². The average Bonchev–Trinajstić information content (AvgIpc) is 2.64. The first kappa shape index (κ1) is 14.2. The van der Waals surface area contributed by atoms with Crippen LogP contribution in [0.2, 0.25) is 0 Å². The molecule has 0 spiro atoms. The Kier molecular flexibility index (Phi) is 3.79. The highest BCUT2D eigenvalue weighted by molar-refractivity contribution is 6.02.